The van der Waals surface area contributed by atoms with E-state index in [1.54, 1.807) is 0 Å². The van der Waals surface area contributed by atoms with Gasteiger partial charge in [-0.1, -0.05) is 0 Å². The summed E-state index contributed by atoms with van der Waals surface area (Å²) in [6, 6.07) is 0. The fraction of sp³-hybridized carbons (Fsp3) is 1.00. The summed E-state index contributed by atoms with van der Waals surface area (Å²) in [6.07, 6.45) is 0. The highest BCUT2D eigenvalue weighted by Gasteiger charge is 2.62. The van der Waals surface area contributed by atoms with Crippen LogP contribution in [-0.4, -0.2) is 36.4 Å². The molecule has 0 heterocycles. The van der Waals surface area contributed by atoms with Crippen LogP contribution in [0, 0.1) is 0 Å². The summed E-state index contributed by atoms with van der Waals surface area (Å²) < 4.78 is 9.85. The van der Waals surface area contributed by atoms with Crippen LogP contribution in [0.15, 0.2) is 0 Å². The summed E-state index contributed by atoms with van der Waals surface area (Å²) in [5.74, 6) is 0. The predicted molar refractivity (Wildman–Crippen MR) is 91.3 cm³/mol. The molecule has 0 atom stereocenters. The van der Waals surface area contributed by atoms with Gasteiger partial charge in [0.1, 0.15) is 0 Å². The third-order valence-electron chi connectivity index (χ3n) is 4.02. The van der Waals surface area contributed by atoms with Crippen molar-refractivity contribution < 1.29 is 23.7 Å². The lowest BCUT2D eigenvalue weighted by atomic mass is 9.75. The quantitative estimate of drug-likeness (QED) is 0.523. The highest BCUT2D eigenvalue weighted by atomic mass is 31.2. The van der Waals surface area contributed by atoms with Crippen molar-refractivity contribution in [3.8, 4) is 0 Å². The first-order chi connectivity index (χ1) is 9.00. The first-order valence-electron chi connectivity index (χ1n) is 7.66. The molecule has 0 aromatic carbocycles. The monoisotopic (exact) mass is 339 g/mol. The van der Waals surface area contributed by atoms with Crippen molar-refractivity contribution in [3.05, 3.63) is 0 Å². The van der Waals surface area contributed by atoms with E-state index in [0.717, 1.165) is 4.48 Å². The third-order valence-corrected chi connectivity index (χ3v) is 4.02. The number of phosphoric acid groups is 1. The second-order valence-electron chi connectivity index (χ2n) is 9.84. The molecule has 5 nitrogen and oxygen atoms in total. The van der Waals surface area contributed by atoms with E-state index in [4.69, 9.17) is 19.2 Å². The summed E-state index contributed by atoms with van der Waals surface area (Å²) in [4.78, 5) is 22.9. The molecule has 0 saturated heterocycles. The van der Waals surface area contributed by atoms with Crippen LogP contribution in [0.25, 0.3) is 0 Å². The Morgan fingerprint density at radius 3 is 0.727 bits per heavy atom. The molecule has 0 aliphatic carbocycles. The number of quaternary nitrogens is 1. The van der Waals surface area contributed by atoms with Crippen molar-refractivity contribution >= 4 is 7.82 Å². The Kier molecular flexibility index (Phi) is 7.21. The van der Waals surface area contributed by atoms with Gasteiger partial charge in [0.2, 0.25) is 0 Å². The van der Waals surface area contributed by atoms with Crippen LogP contribution in [0.5, 0.6) is 0 Å². The Labute approximate surface area is 137 Å². The molecule has 6 heteroatoms. The number of hydrogen-bond donors (Lipinski definition) is 2. The Bertz CT molecular complexity index is 330. The van der Waals surface area contributed by atoms with E-state index < -0.39 is 7.82 Å². The maximum Gasteiger partial charge on any atom is 0.262 e. The van der Waals surface area contributed by atoms with E-state index in [9.17, 15) is 0 Å². The zero-order chi connectivity index (χ0) is 19.0. The van der Waals surface area contributed by atoms with Crippen LogP contribution >= 0.6 is 7.82 Å². The average Bonchev–Trinajstić information content (AvgIpc) is 1.83. The van der Waals surface area contributed by atoms with Gasteiger partial charge in [0.25, 0.3) is 7.82 Å². The van der Waals surface area contributed by atoms with Gasteiger partial charge < -0.3 is 19.2 Å². The lowest BCUT2D eigenvalue weighted by molar-refractivity contribution is -1.08. The Morgan fingerprint density at radius 1 is 0.636 bits per heavy atom. The van der Waals surface area contributed by atoms with Crippen LogP contribution < -0.4 is 4.89 Å². The van der Waals surface area contributed by atoms with E-state index in [2.05, 4.69) is 83.1 Å². The molecule has 0 aliphatic rings. The van der Waals surface area contributed by atoms with Gasteiger partial charge in [-0.25, -0.2) is 0 Å². The summed E-state index contributed by atoms with van der Waals surface area (Å²) in [6.45, 7) is 28.6. The van der Waals surface area contributed by atoms with E-state index in [1.165, 1.54) is 0 Å². The second-order valence-corrected chi connectivity index (χ2v) is 10.8. The van der Waals surface area contributed by atoms with Crippen molar-refractivity contribution in [2.24, 2.45) is 0 Å². The molecular weight excluding hydrogens is 301 g/mol. The Morgan fingerprint density at radius 2 is 0.727 bits per heavy atom. The molecule has 0 spiro atoms. The van der Waals surface area contributed by atoms with E-state index >= 15 is 0 Å². The highest BCUT2D eigenvalue weighted by molar-refractivity contribution is 7.43. The molecule has 0 radical (unpaired) electrons. The molecule has 136 valence electrons. The van der Waals surface area contributed by atoms with Crippen molar-refractivity contribution in [1.29, 1.82) is 0 Å². The van der Waals surface area contributed by atoms with Crippen molar-refractivity contribution in [2.75, 3.05) is 0 Å². The van der Waals surface area contributed by atoms with Crippen molar-refractivity contribution in [3.63, 3.8) is 0 Å². The fourth-order valence-corrected chi connectivity index (χ4v) is 6.04. The molecule has 0 aromatic rings. The molecule has 0 fully saturated rings. The van der Waals surface area contributed by atoms with Crippen LogP contribution in [-0.2, 0) is 4.57 Å². The van der Waals surface area contributed by atoms with Gasteiger partial charge in [0, 0.05) is 0 Å². The van der Waals surface area contributed by atoms with Gasteiger partial charge in [0.15, 0.2) is 0 Å². The van der Waals surface area contributed by atoms with Crippen molar-refractivity contribution in [2.45, 2.75) is 105 Å². The molecule has 2 N–H and O–H groups in total. The van der Waals surface area contributed by atoms with Crippen LogP contribution in [0.4, 0.5) is 0 Å². The molecule has 0 rings (SSSR count). The standard InChI is InChI=1S/C16H36N.H3O4P/c1-13(2,3)17(14(4,5)6,15(7,8)9)16(10,11)12;1-5(2,3)4/h1-12H3;(H3,1,2,3,4)/q+1;/p-1. The number of hydrogen-bond acceptors (Lipinski definition) is 2. The molecule has 0 bridgehead atoms. The first kappa shape index (κ1) is 24.3. The lowest BCUT2D eigenvalue weighted by Crippen LogP contribution is -2.82. The molecule has 0 saturated carbocycles. The van der Waals surface area contributed by atoms with Crippen LogP contribution in [0.1, 0.15) is 83.1 Å². The number of nitrogens with zero attached hydrogens (tertiary/aromatic N) is 1. The van der Waals surface area contributed by atoms with Crippen molar-refractivity contribution in [1.82, 2.24) is 0 Å². The largest absolute Gasteiger partial charge is 0.756 e. The Hall–Kier alpha value is 0.0700. The molecule has 0 aliphatic heterocycles. The van der Waals surface area contributed by atoms with E-state index in [-0.39, 0.29) is 22.2 Å². The molecule has 0 amide bonds. The lowest BCUT2D eigenvalue weighted by Gasteiger charge is -2.70. The predicted octanol–water partition coefficient (Wildman–Crippen LogP) is 3.44. The molecule has 0 aromatic heterocycles. The maximum atomic E-state index is 8.77. The minimum atomic E-state index is -4.89. The topological polar surface area (TPSA) is 80.6 Å². The highest BCUT2D eigenvalue weighted by Crippen LogP contribution is 2.50. The summed E-state index contributed by atoms with van der Waals surface area (Å²) in [7, 11) is -4.89. The van der Waals surface area contributed by atoms with Gasteiger partial charge in [0.05, 0.1) is 22.2 Å². The summed E-state index contributed by atoms with van der Waals surface area (Å²) in [5, 5.41) is 0. The SMILES string of the molecule is CC(C)(C)[N+](C(C)(C)C)(C(C)(C)C)C(C)(C)C.O=P([O-])(O)O. The average molecular weight is 339 g/mol. The fourth-order valence-electron chi connectivity index (χ4n) is 6.04. The third kappa shape index (κ3) is 5.61. The van der Waals surface area contributed by atoms with Gasteiger partial charge in [-0.15, -0.1) is 0 Å². The van der Waals surface area contributed by atoms with E-state index in [0.29, 0.717) is 0 Å². The molecule has 0 unspecified atom stereocenters. The normalized spacial score (nSPS) is 15.2. The number of rotatable bonds is 0. The van der Waals surface area contributed by atoms with Gasteiger partial charge in [-0.2, -0.15) is 0 Å². The minimum Gasteiger partial charge on any atom is -0.756 e. The Balaban J connectivity index is 0. The van der Waals surface area contributed by atoms with Gasteiger partial charge >= 0.3 is 0 Å². The second kappa shape index (κ2) is 6.52. The van der Waals surface area contributed by atoms with Crippen LogP contribution in [0.3, 0.4) is 0 Å². The zero-order valence-electron chi connectivity index (χ0n) is 16.6. The first-order valence-corrected chi connectivity index (χ1v) is 9.19. The van der Waals surface area contributed by atoms with E-state index in [1.807, 2.05) is 0 Å². The molecular formula is C16H38NO4P. The van der Waals surface area contributed by atoms with Gasteiger partial charge in [-0.05, 0) is 83.1 Å². The minimum absolute atomic E-state index is 0.203. The smallest absolute Gasteiger partial charge is 0.262 e. The summed E-state index contributed by atoms with van der Waals surface area (Å²) >= 11 is 0. The summed E-state index contributed by atoms with van der Waals surface area (Å²) in [5.41, 5.74) is 0.812. The maximum absolute atomic E-state index is 8.77. The van der Waals surface area contributed by atoms with Crippen LogP contribution in [0.2, 0.25) is 0 Å². The van der Waals surface area contributed by atoms with Gasteiger partial charge in [-0.3, -0.25) is 4.57 Å². The molecule has 22 heavy (non-hydrogen) atoms. The zero-order valence-corrected chi connectivity index (χ0v) is 17.5.